The molecule has 0 unspecified atom stereocenters. The van der Waals surface area contributed by atoms with Crippen LogP contribution < -0.4 is 10.9 Å². The molecule has 1 N–H and O–H groups in total. The number of nitrogens with one attached hydrogen (secondary N) is 1. The Hall–Kier alpha value is -4.07. The zero-order valence-corrected chi connectivity index (χ0v) is 23.5. The maximum absolute atomic E-state index is 13.6. The first-order valence-electron chi connectivity index (χ1n) is 13.6. The average molecular weight is 525 g/mol. The molecule has 39 heavy (non-hydrogen) atoms. The molecule has 5 rings (SSSR count). The van der Waals surface area contributed by atoms with E-state index in [1.54, 1.807) is 29.1 Å². The zero-order valence-electron chi connectivity index (χ0n) is 23.5. The van der Waals surface area contributed by atoms with Crippen molar-refractivity contribution in [2.75, 3.05) is 5.32 Å². The molecule has 1 aliphatic rings. The van der Waals surface area contributed by atoms with Crippen molar-refractivity contribution >= 4 is 11.7 Å². The highest BCUT2D eigenvalue weighted by Gasteiger charge is 2.26. The number of carbonyl (C=O) groups excluding carboxylic acids is 1. The summed E-state index contributed by atoms with van der Waals surface area (Å²) in [6.45, 7) is 13.2. The highest BCUT2D eigenvalue weighted by molar-refractivity contribution is 6.04. The fourth-order valence-corrected chi connectivity index (χ4v) is 4.75. The van der Waals surface area contributed by atoms with Gasteiger partial charge >= 0.3 is 0 Å². The zero-order chi connectivity index (χ0) is 27.9. The molecule has 0 aliphatic heterocycles. The molecule has 4 aromatic rings. The lowest BCUT2D eigenvalue weighted by atomic mass is 9.86. The van der Waals surface area contributed by atoms with Gasteiger partial charge in [-0.2, -0.15) is 0 Å². The highest BCUT2D eigenvalue weighted by Crippen LogP contribution is 2.33. The second kappa shape index (κ2) is 10.2. The maximum atomic E-state index is 13.6. The van der Waals surface area contributed by atoms with Gasteiger partial charge in [-0.3, -0.25) is 9.59 Å². The number of pyridine rings is 2. The molecule has 0 spiro atoms. The van der Waals surface area contributed by atoms with Crippen LogP contribution >= 0.6 is 0 Å². The molecule has 202 valence electrons. The first-order chi connectivity index (χ1) is 18.5. The van der Waals surface area contributed by atoms with Gasteiger partial charge in [0.2, 0.25) is 0 Å². The Bertz CT molecular complexity index is 1570. The van der Waals surface area contributed by atoms with Crippen LogP contribution in [0, 0.1) is 12.8 Å². The van der Waals surface area contributed by atoms with E-state index in [1.807, 2.05) is 31.4 Å². The predicted molar refractivity (Wildman–Crippen MR) is 154 cm³/mol. The molecule has 0 radical (unpaired) electrons. The van der Waals surface area contributed by atoms with E-state index in [1.165, 1.54) is 5.56 Å². The van der Waals surface area contributed by atoms with Crippen LogP contribution in [0.5, 0.6) is 0 Å². The van der Waals surface area contributed by atoms with Crippen LogP contribution in [0.1, 0.15) is 75.1 Å². The summed E-state index contributed by atoms with van der Waals surface area (Å²) in [6.07, 6.45) is 3.88. The molecular formula is C31H36N6O2. The van der Waals surface area contributed by atoms with E-state index in [9.17, 15) is 9.59 Å². The van der Waals surface area contributed by atoms with E-state index < -0.39 is 5.91 Å². The largest absolute Gasteiger partial charge is 0.311 e. The lowest BCUT2D eigenvalue weighted by Gasteiger charge is -2.20. The summed E-state index contributed by atoms with van der Waals surface area (Å²) >= 11 is 0. The predicted octanol–water partition coefficient (Wildman–Crippen LogP) is 6.02. The van der Waals surface area contributed by atoms with Crippen molar-refractivity contribution in [2.24, 2.45) is 5.92 Å². The monoisotopic (exact) mass is 524 g/mol. The minimum atomic E-state index is -0.480. The van der Waals surface area contributed by atoms with Crippen LogP contribution in [-0.4, -0.2) is 30.2 Å². The highest BCUT2D eigenvalue weighted by atomic mass is 16.2. The fraction of sp³-hybridized carbons (Fsp3) is 0.387. The third kappa shape index (κ3) is 5.55. The fourth-order valence-electron chi connectivity index (χ4n) is 4.75. The minimum Gasteiger partial charge on any atom is -0.311 e. The summed E-state index contributed by atoms with van der Waals surface area (Å²) in [6, 6.07) is 15.6. The summed E-state index contributed by atoms with van der Waals surface area (Å²) in [7, 11) is 0. The molecular weight excluding hydrogens is 488 g/mol. The molecule has 0 saturated heterocycles. The molecule has 1 saturated carbocycles. The second-order valence-corrected chi connectivity index (χ2v) is 11.8. The second-order valence-electron chi connectivity index (χ2n) is 11.8. The Balaban J connectivity index is 1.51. The number of hydrogen-bond acceptors (Lipinski definition) is 5. The molecule has 1 aliphatic carbocycles. The summed E-state index contributed by atoms with van der Waals surface area (Å²) in [5.74, 6) is 0.962. The molecule has 3 heterocycles. The Kier molecular flexibility index (Phi) is 6.97. The Morgan fingerprint density at radius 3 is 2.46 bits per heavy atom. The SMILES string of the molecule is Cc1c(-c2ccc(C(C)(C)C)cc2)cc(C(=O)Nc2cccc(-c3nncn3C(C)C)n2)c(=O)n1CC1CC1. The first kappa shape index (κ1) is 26.5. The van der Waals surface area contributed by atoms with E-state index in [4.69, 9.17) is 0 Å². The van der Waals surface area contributed by atoms with Crippen LogP contribution in [0.4, 0.5) is 5.82 Å². The molecule has 1 amide bonds. The molecule has 3 aromatic heterocycles. The van der Waals surface area contributed by atoms with Gasteiger partial charge in [0.15, 0.2) is 5.82 Å². The van der Waals surface area contributed by atoms with Crippen LogP contribution in [0.3, 0.4) is 0 Å². The minimum absolute atomic E-state index is 0.0350. The molecule has 0 bridgehead atoms. The smallest absolute Gasteiger partial charge is 0.263 e. The lowest BCUT2D eigenvalue weighted by molar-refractivity contribution is 0.102. The molecule has 1 fully saturated rings. The summed E-state index contributed by atoms with van der Waals surface area (Å²) < 4.78 is 3.69. The van der Waals surface area contributed by atoms with Crippen LogP contribution in [-0.2, 0) is 12.0 Å². The van der Waals surface area contributed by atoms with Crippen molar-refractivity contribution in [1.82, 2.24) is 24.3 Å². The Labute approximate surface area is 229 Å². The van der Waals surface area contributed by atoms with Crippen LogP contribution in [0.2, 0.25) is 0 Å². The van der Waals surface area contributed by atoms with Crippen LogP contribution in [0.15, 0.2) is 59.7 Å². The summed E-state index contributed by atoms with van der Waals surface area (Å²) in [5, 5.41) is 11.1. The Morgan fingerprint density at radius 2 is 1.82 bits per heavy atom. The summed E-state index contributed by atoms with van der Waals surface area (Å²) in [5.41, 5.74) is 4.42. The number of aromatic nitrogens is 5. The third-order valence-corrected chi connectivity index (χ3v) is 7.35. The number of rotatable bonds is 7. The maximum Gasteiger partial charge on any atom is 0.263 e. The van der Waals surface area contributed by atoms with Crippen molar-refractivity contribution in [3.8, 4) is 22.6 Å². The normalized spacial score (nSPS) is 13.6. The quantitative estimate of drug-likeness (QED) is 0.319. The van der Waals surface area contributed by atoms with Gasteiger partial charge in [-0.05, 0) is 74.3 Å². The topological polar surface area (TPSA) is 94.7 Å². The number of nitrogens with zero attached hydrogens (tertiary/aromatic N) is 5. The van der Waals surface area contributed by atoms with Crippen LogP contribution in [0.25, 0.3) is 22.6 Å². The van der Waals surface area contributed by atoms with E-state index in [-0.39, 0.29) is 22.6 Å². The van der Waals surface area contributed by atoms with Gasteiger partial charge in [0, 0.05) is 23.8 Å². The molecule has 1 aromatic carbocycles. The van der Waals surface area contributed by atoms with Gasteiger partial charge in [-0.25, -0.2) is 4.98 Å². The van der Waals surface area contributed by atoms with E-state index >= 15 is 0 Å². The van der Waals surface area contributed by atoms with E-state index in [0.29, 0.717) is 29.8 Å². The average Bonchev–Trinajstić information content (AvgIpc) is 3.57. The van der Waals surface area contributed by atoms with Gasteiger partial charge in [0.05, 0.1) is 0 Å². The Morgan fingerprint density at radius 1 is 1.10 bits per heavy atom. The molecule has 0 atom stereocenters. The number of hydrogen-bond donors (Lipinski definition) is 1. The summed E-state index contributed by atoms with van der Waals surface area (Å²) in [4.78, 5) is 31.7. The molecule has 8 heteroatoms. The van der Waals surface area contributed by atoms with Gasteiger partial charge < -0.3 is 14.5 Å². The van der Waals surface area contributed by atoms with Crippen molar-refractivity contribution in [1.29, 1.82) is 0 Å². The van der Waals surface area contributed by atoms with Gasteiger partial charge in [-0.1, -0.05) is 51.1 Å². The first-order valence-corrected chi connectivity index (χ1v) is 13.6. The lowest BCUT2D eigenvalue weighted by Crippen LogP contribution is -2.31. The standard InChI is InChI=1S/C31H36N6O2/c1-19(2)37-18-32-35-28(37)26-8-7-9-27(33-26)34-29(38)25-16-24(20(3)36(30(25)39)17-21-10-11-21)22-12-14-23(15-13-22)31(4,5)6/h7-9,12-16,18-19,21H,10-11,17H2,1-6H3,(H,33,34,38). The number of benzene rings is 1. The molecule has 8 nitrogen and oxygen atoms in total. The number of carbonyl (C=O) groups is 1. The van der Waals surface area contributed by atoms with E-state index in [0.717, 1.165) is 29.7 Å². The van der Waals surface area contributed by atoms with Crippen molar-refractivity contribution < 1.29 is 4.79 Å². The van der Waals surface area contributed by atoms with Gasteiger partial charge in [0.1, 0.15) is 23.4 Å². The van der Waals surface area contributed by atoms with Crippen molar-refractivity contribution in [3.63, 3.8) is 0 Å². The van der Waals surface area contributed by atoms with E-state index in [2.05, 4.69) is 65.5 Å². The van der Waals surface area contributed by atoms with Crippen molar-refractivity contribution in [3.05, 3.63) is 82.0 Å². The number of anilines is 1. The van der Waals surface area contributed by atoms with Gasteiger partial charge in [0.25, 0.3) is 11.5 Å². The van der Waals surface area contributed by atoms with Gasteiger partial charge in [-0.15, -0.1) is 10.2 Å². The van der Waals surface area contributed by atoms with Crippen molar-refractivity contribution in [2.45, 2.75) is 72.4 Å². The number of amides is 1. The third-order valence-electron chi connectivity index (χ3n) is 7.35.